The van der Waals surface area contributed by atoms with Gasteiger partial charge in [0.15, 0.2) is 5.82 Å². The topological polar surface area (TPSA) is 65.5 Å². The lowest BCUT2D eigenvalue weighted by molar-refractivity contribution is -0.137. The number of hydrogen-bond donors (Lipinski definition) is 1. The highest BCUT2D eigenvalue weighted by molar-refractivity contribution is 5.96. The lowest BCUT2D eigenvalue weighted by Gasteiger charge is -2.41. The van der Waals surface area contributed by atoms with Crippen LogP contribution in [0.25, 0.3) is 0 Å². The van der Waals surface area contributed by atoms with E-state index in [2.05, 4.69) is 10.3 Å². The van der Waals surface area contributed by atoms with Gasteiger partial charge >= 0.3 is 6.18 Å². The number of rotatable bonds is 2. The van der Waals surface area contributed by atoms with Crippen LogP contribution in [0.4, 0.5) is 24.7 Å². The van der Waals surface area contributed by atoms with E-state index < -0.39 is 11.7 Å². The maximum absolute atomic E-state index is 12.9. The smallest absolute Gasteiger partial charge is 0.348 e. The van der Waals surface area contributed by atoms with Gasteiger partial charge in [0, 0.05) is 38.7 Å². The van der Waals surface area contributed by atoms with Gasteiger partial charge in [0.05, 0.1) is 17.3 Å². The van der Waals surface area contributed by atoms with E-state index in [4.69, 9.17) is 0 Å². The number of fused-ring (bicyclic) bond motifs is 3. The molecule has 0 bridgehead atoms. The van der Waals surface area contributed by atoms with Crippen molar-refractivity contribution < 1.29 is 22.8 Å². The molecular weight excluding hydrogens is 337 g/mol. The Bertz CT molecular complexity index is 692. The molecule has 2 aliphatic heterocycles. The first-order chi connectivity index (χ1) is 11.8. The fraction of sp³-hybridized carbons (Fsp3) is 0.562. The van der Waals surface area contributed by atoms with Crippen molar-refractivity contribution in [3.63, 3.8) is 0 Å². The largest absolute Gasteiger partial charge is 0.417 e. The maximum Gasteiger partial charge on any atom is 0.417 e. The van der Waals surface area contributed by atoms with Crippen LogP contribution in [0.15, 0.2) is 12.3 Å². The maximum atomic E-state index is 12.9. The third-order valence-electron chi connectivity index (χ3n) is 4.46. The number of nitrogens with one attached hydrogen (secondary N) is 1. The Hall–Kier alpha value is -2.32. The fourth-order valence-electron chi connectivity index (χ4n) is 3.26. The number of aromatic nitrogens is 1. The molecule has 9 heteroatoms. The summed E-state index contributed by atoms with van der Waals surface area (Å²) in [4.78, 5) is 31.7. The number of pyridine rings is 1. The Morgan fingerprint density at radius 1 is 1.40 bits per heavy atom. The monoisotopic (exact) mass is 356 g/mol. The zero-order valence-corrected chi connectivity index (χ0v) is 13.8. The van der Waals surface area contributed by atoms with Gasteiger partial charge in [-0.25, -0.2) is 4.98 Å². The molecule has 0 spiro atoms. The zero-order chi connectivity index (χ0) is 18.2. The van der Waals surface area contributed by atoms with Gasteiger partial charge in [0.2, 0.25) is 11.8 Å². The first-order valence-electron chi connectivity index (χ1n) is 8.21. The number of hydrogen-bond acceptors (Lipinski definition) is 4. The van der Waals surface area contributed by atoms with Crippen molar-refractivity contribution in [3.05, 3.63) is 17.8 Å². The number of anilines is 2. The van der Waals surface area contributed by atoms with Crippen molar-refractivity contribution in [1.82, 2.24) is 9.88 Å². The van der Waals surface area contributed by atoms with E-state index >= 15 is 0 Å². The Balaban J connectivity index is 1.88. The van der Waals surface area contributed by atoms with Crippen molar-refractivity contribution in [2.45, 2.75) is 38.4 Å². The van der Waals surface area contributed by atoms with Gasteiger partial charge in [-0.05, 0) is 12.5 Å². The predicted octanol–water partition coefficient (Wildman–Crippen LogP) is 2.26. The van der Waals surface area contributed by atoms with Crippen molar-refractivity contribution in [2.75, 3.05) is 29.9 Å². The van der Waals surface area contributed by atoms with Gasteiger partial charge in [0.25, 0.3) is 0 Å². The Morgan fingerprint density at radius 3 is 2.84 bits per heavy atom. The average Bonchev–Trinajstić information content (AvgIpc) is 2.68. The number of alkyl halides is 3. The molecule has 6 nitrogen and oxygen atoms in total. The molecule has 25 heavy (non-hydrogen) atoms. The number of amides is 2. The van der Waals surface area contributed by atoms with Crippen molar-refractivity contribution in [2.24, 2.45) is 0 Å². The van der Waals surface area contributed by atoms with Gasteiger partial charge in [-0.2, -0.15) is 13.2 Å². The highest BCUT2D eigenvalue weighted by atomic mass is 19.4. The fourth-order valence-corrected chi connectivity index (χ4v) is 3.26. The average molecular weight is 356 g/mol. The molecule has 0 aromatic carbocycles. The molecule has 0 saturated carbocycles. The highest BCUT2D eigenvalue weighted by Gasteiger charge is 2.37. The Kier molecular flexibility index (Phi) is 4.57. The molecular formula is C16H19F3N4O2. The van der Waals surface area contributed by atoms with Crippen LogP contribution in [0.1, 0.15) is 31.7 Å². The number of carbonyl (C=O) groups is 2. The van der Waals surface area contributed by atoms with E-state index in [1.807, 2.05) is 11.8 Å². The molecule has 0 radical (unpaired) electrons. The minimum absolute atomic E-state index is 0.0346. The van der Waals surface area contributed by atoms with E-state index in [1.54, 1.807) is 4.90 Å². The second kappa shape index (κ2) is 6.53. The van der Waals surface area contributed by atoms with Crippen molar-refractivity contribution in [1.29, 1.82) is 0 Å². The van der Waals surface area contributed by atoms with Crippen LogP contribution in [-0.2, 0) is 15.8 Å². The molecule has 1 aromatic rings. The second-order valence-corrected chi connectivity index (χ2v) is 6.28. The third-order valence-corrected chi connectivity index (χ3v) is 4.46. The first kappa shape index (κ1) is 17.5. The Morgan fingerprint density at radius 2 is 2.16 bits per heavy atom. The second-order valence-electron chi connectivity index (χ2n) is 6.28. The van der Waals surface area contributed by atoms with Crippen LogP contribution in [0.5, 0.6) is 0 Å². The van der Waals surface area contributed by atoms with Crippen LogP contribution in [-0.4, -0.2) is 47.4 Å². The summed E-state index contributed by atoms with van der Waals surface area (Å²) in [5.41, 5.74) is -0.836. The van der Waals surface area contributed by atoms with Crippen LogP contribution >= 0.6 is 0 Å². The summed E-state index contributed by atoms with van der Waals surface area (Å²) in [5.74, 6) is -0.0153. The van der Waals surface area contributed by atoms with Gasteiger partial charge in [-0.1, -0.05) is 6.92 Å². The van der Waals surface area contributed by atoms with Gasteiger partial charge in [0.1, 0.15) is 0 Å². The number of carbonyl (C=O) groups excluding carboxylic acids is 2. The quantitative estimate of drug-likeness (QED) is 0.883. The third kappa shape index (κ3) is 3.54. The van der Waals surface area contributed by atoms with Crippen LogP contribution in [0.3, 0.4) is 0 Å². The van der Waals surface area contributed by atoms with E-state index in [1.165, 1.54) is 0 Å². The molecule has 3 rings (SSSR count). The SMILES string of the molecule is CCCC(=O)N1CCN2c3ncc(C(F)(F)F)cc3NC(=O)C[C@@H]2C1. The van der Waals surface area contributed by atoms with Gasteiger partial charge < -0.3 is 15.1 Å². The van der Waals surface area contributed by atoms with Gasteiger partial charge in [-0.15, -0.1) is 0 Å². The summed E-state index contributed by atoms with van der Waals surface area (Å²) < 4.78 is 38.7. The standard InChI is InChI=1S/C16H19F3N4O2/c1-2-3-14(25)22-4-5-23-11(9-22)7-13(24)21-12-6-10(16(17,18)19)8-20-15(12)23/h6,8,11H,2-5,7,9H2,1H3,(H,21,24)/t11-/m1/s1. The van der Waals surface area contributed by atoms with Gasteiger partial charge in [-0.3, -0.25) is 9.59 Å². The molecule has 136 valence electrons. The predicted molar refractivity (Wildman–Crippen MR) is 85.1 cm³/mol. The van der Waals surface area contributed by atoms with E-state index in [-0.39, 0.29) is 30.0 Å². The first-order valence-corrected chi connectivity index (χ1v) is 8.21. The normalized spacial score (nSPS) is 20.5. The zero-order valence-electron chi connectivity index (χ0n) is 13.8. The van der Waals surface area contributed by atoms with Crippen LogP contribution in [0, 0.1) is 0 Å². The molecule has 0 aliphatic carbocycles. The number of nitrogens with zero attached hydrogens (tertiary/aromatic N) is 3. The number of halogens is 3. The lowest BCUT2D eigenvalue weighted by Crippen LogP contribution is -2.55. The molecule has 3 heterocycles. The molecule has 2 aliphatic rings. The molecule has 1 atom stereocenters. The lowest BCUT2D eigenvalue weighted by atomic mass is 10.1. The number of piperazine rings is 1. The van der Waals surface area contributed by atoms with Crippen LogP contribution < -0.4 is 10.2 Å². The van der Waals surface area contributed by atoms with E-state index in [0.29, 0.717) is 31.9 Å². The van der Waals surface area contributed by atoms with Crippen LogP contribution in [0.2, 0.25) is 0 Å². The highest BCUT2D eigenvalue weighted by Crippen LogP contribution is 2.36. The molecule has 1 saturated heterocycles. The van der Waals surface area contributed by atoms with Crippen molar-refractivity contribution >= 4 is 23.3 Å². The summed E-state index contributed by atoms with van der Waals surface area (Å²) in [7, 11) is 0. The minimum atomic E-state index is -4.52. The summed E-state index contributed by atoms with van der Waals surface area (Å²) >= 11 is 0. The summed E-state index contributed by atoms with van der Waals surface area (Å²) in [5, 5.41) is 2.51. The minimum Gasteiger partial charge on any atom is -0.348 e. The molecule has 1 N–H and O–H groups in total. The summed E-state index contributed by atoms with van der Waals surface area (Å²) in [6, 6.07) is 0.622. The summed E-state index contributed by atoms with van der Waals surface area (Å²) in [6.07, 6.45) is -2.45. The molecule has 2 amide bonds. The molecule has 0 unspecified atom stereocenters. The van der Waals surface area contributed by atoms with E-state index in [0.717, 1.165) is 18.7 Å². The molecule has 1 aromatic heterocycles. The summed E-state index contributed by atoms with van der Waals surface area (Å²) in [6.45, 7) is 3.19. The van der Waals surface area contributed by atoms with E-state index in [9.17, 15) is 22.8 Å². The Labute approximate surface area is 143 Å². The van der Waals surface area contributed by atoms with Crippen molar-refractivity contribution in [3.8, 4) is 0 Å². The molecule has 1 fully saturated rings.